The van der Waals surface area contributed by atoms with Gasteiger partial charge in [0, 0.05) is 12.8 Å². The lowest BCUT2D eigenvalue weighted by Gasteiger charge is -1.99. The molecule has 0 aliphatic heterocycles. The Bertz CT molecular complexity index is 827. The van der Waals surface area contributed by atoms with Crippen molar-refractivity contribution in [1.29, 1.82) is 0 Å². The minimum absolute atomic E-state index is 0.281. The largest absolute Gasteiger partial charge is 0.330 e. The molecule has 6 nitrogen and oxygen atoms in total. The molecule has 0 amide bonds. The summed E-state index contributed by atoms with van der Waals surface area (Å²) in [4.78, 5) is 12.8. The van der Waals surface area contributed by atoms with Gasteiger partial charge in [-0.05, 0) is 24.2 Å². The van der Waals surface area contributed by atoms with Gasteiger partial charge >= 0.3 is 0 Å². The molecule has 2 heterocycles. The van der Waals surface area contributed by atoms with Crippen LogP contribution >= 0.6 is 11.3 Å². The van der Waals surface area contributed by atoms with E-state index >= 15 is 0 Å². The lowest BCUT2D eigenvalue weighted by molar-refractivity contribution is 0.627. The standard InChI is InChI=1S/C13H12FN5OS/c14-9-3-1-8(2-4-9)7-10-12(20)19-13(17-16-10)21-11(18-19)5-6-15/h1-4H,5-7,15H2. The Balaban J connectivity index is 1.97. The summed E-state index contributed by atoms with van der Waals surface area (Å²) in [6.07, 6.45) is 0.888. The van der Waals surface area contributed by atoms with E-state index < -0.39 is 0 Å². The van der Waals surface area contributed by atoms with Gasteiger partial charge in [-0.15, -0.1) is 10.2 Å². The molecule has 0 aliphatic carbocycles. The number of halogens is 1. The number of hydrogen-bond donors (Lipinski definition) is 1. The Morgan fingerprint density at radius 1 is 1.24 bits per heavy atom. The van der Waals surface area contributed by atoms with Crippen molar-refractivity contribution >= 4 is 16.3 Å². The molecule has 0 spiro atoms. The smallest absolute Gasteiger partial charge is 0.297 e. The second-order valence-electron chi connectivity index (χ2n) is 4.48. The molecule has 0 saturated heterocycles. The summed E-state index contributed by atoms with van der Waals surface area (Å²) in [5.41, 5.74) is 6.25. The minimum atomic E-state index is -0.317. The summed E-state index contributed by atoms with van der Waals surface area (Å²) in [7, 11) is 0. The van der Waals surface area contributed by atoms with E-state index in [0.29, 0.717) is 24.3 Å². The third kappa shape index (κ3) is 2.81. The normalized spacial score (nSPS) is 11.1. The topological polar surface area (TPSA) is 86.2 Å². The minimum Gasteiger partial charge on any atom is -0.330 e. The number of nitrogens with zero attached hydrogens (tertiary/aromatic N) is 4. The lowest BCUT2D eigenvalue weighted by Crippen LogP contribution is -2.22. The van der Waals surface area contributed by atoms with Crippen molar-refractivity contribution in [1.82, 2.24) is 19.8 Å². The van der Waals surface area contributed by atoms with Gasteiger partial charge in [0.15, 0.2) is 0 Å². The van der Waals surface area contributed by atoms with Gasteiger partial charge < -0.3 is 5.73 Å². The maximum atomic E-state index is 12.9. The number of nitrogens with two attached hydrogens (primary N) is 1. The molecule has 2 aromatic heterocycles. The van der Waals surface area contributed by atoms with Crippen LogP contribution in [0.4, 0.5) is 4.39 Å². The number of benzene rings is 1. The van der Waals surface area contributed by atoms with Gasteiger partial charge in [0.05, 0.1) is 0 Å². The highest BCUT2D eigenvalue weighted by Crippen LogP contribution is 2.11. The highest BCUT2D eigenvalue weighted by atomic mass is 32.1. The number of hydrogen-bond acceptors (Lipinski definition) is 6. The second-order valence-corrected chi connectivity index (χ2v) is 5.52. The molecular formula is C13H12FN5OS. The summed E-state index contributed by atoms with van der Waals surface area (Å²) in [5, 5.41) is 12.9. The molecule has 2 N–H and O–H groups in total. The highest BCUT2D eigenvalue weighted by Gasteiger charge is 2.12. The molecule has 108 valence electrons. The summed E-state index contributed by atoms with van der Waals surface area (Å²) >= 11 is 1.30. The predicted molar refractivity (Wildman–Crippen MR) is 76.9 cm³/mol. The molecule has 0 saturated carbocycles. The number of fused-ring (bicyclic) bond motifs is 1. The average molecular weight is 305 g/mol. The summed E-state index contributed by atoms with van der Waals surface area (Å²) in [6.45, 7) is 0.463. The van der Waals surface area contributed by atoms with Crippen LogP contribution in [-0.4, -0.2) is 26.4 Å². The molecule has 3 aromatic rings. The summed E-state index contributed by atoms with van der Waals surface area (Å²) in [6, 6.07) is 5.93. The number of rotatable bonds is 4. The van der Waals surface area contributed by atoms with Crippen molar-refractivity contribution in [3.63, 3.8) is 0 Å². The van der Waals surface area contributed by atoms with Crippen LogP contribution in [0.15, 0.2) is 29.1 Å². The molecule has 0 fully saturated rings. The summed E-state index contributed by atoms with van der Waals surface area (Å²) < 4.78 is 14.1. The van der Waals surface area contributed by atoms with Crippen LogP contribution in [-0.2, 0) is 12.8 Å². The van der Waals surface area contributed by atoms with Crippen LogP contribution in [0.3, 0.4) is 0 Å². The molecule has 0 aliphatic rings. The van der Waals surface area contributed by atoms with Crippen molar-refractivity contribution in [2.45, 2.75) is 12.8 Å². The zero-order valence-electron chi connectivity index (χ0n) is 11.0. The monoisotopic (exact) mass is 305 g/mol. The Morgan fingerprint density at radius 2 is 2.00 bits per heavy atom. The lowest BCUT2D eigenvalue weighted by atomic mass is 10.1. The zero-order valence-corrected chi connectivity index (χ0v) is 11.8. The molecule has 3 rings (SSSR count). The molecule has 0 radical (unpaired) electrons. The van der Waals surface area contributed by atoms with Crippen LogP contribution in [0.1, 0.15) is 16.3 Å². The van der Waals surface area contributed by atoms with Gasteiger partial charge in [-0.2, -0.15) is 9.61 Å². The first-order chi connectivity index (χ1) is 10.2. The molecule has 0 bridgehead atoms. The van der Waals surface area contributed by atoms with E-state index in [-0.39, 0.29) is 17.1 Å². The van der Waals surface area contributed by atoms with E-state index in [2.05, 4.69) is 15.3 Å². The van der Waals surface area contributed by atoms with Crippen molar-refractivity contribution < 1.29 is 4.39 Å². The first-order valence-electron chi connectivity index (χ1n) is 6.36. The van der Waals surface area contributed by atoms with Crippen molar-refractivity contribution in [2.75, 3.05) is 6.54 Å². The number of aromatic nitrogens is 4. The van der Waals surface area contributed by atoms with Crippen molar-refractivity contribution in [2.24, 2.45) is 5.73 Å². The van der Waals surface area contributed by atoms with E-state index in [4.69, 9.17) is 5.73 Å². The maximum Gasteiger partial charge on any atom is 0.297 e. The van der Waals surface area contributed by atoms with Gasteiger partial charge in [0.2, 0.25) is 4.96 Å². The zero-order chi connectivity index (χ0) is 14.8. The maximum absolute atomic E-state index is 12.9. The van der Waals surface area contributed by atoms with Crippen molar-refractivity contribution in [3.05, 3.63) is 56.7 Å². The van der Waals surface area contributed by atoms with Crippen LogP contribution < -0.4 is 11.3 Å². The third-order valence-corrected chi connectivity index (χ3v) is 3.90. The second kappa shape index (κ2) is 5.66. The van der Waals surface area contributed by atoms with E-state index in [1.165, 1.54) is 28.0 Å². The highest BCUT2D eigenvalue weighted by molar-refractivity contribution is 7.16. The van der Waals surface area contributed by atoms with Crippen LogP contribution in [0.25, 0.3) is 4.96 Å². The van der Waals surface area contributed by atoms with Gasteiger partial charge in [0.1, 0.15) is 16.5 Å². The van der Waals surface area contributed by atoms with E-state index in [0.717, 1.165) is 10.6 Å². The Morgan fingerprint density at radius 3 is 2.71 bits per heavy atom. The molecule has 0 unspecified atom stereocenters. The predicted octanol–water partition coefficient (Wildman–Crippen LogP) is 0.777. The molecular weight excluding hydrogens is 293 g/mol. The fourth-order valence-corrected chi connectivity index (χ4v) is 2.76. The van der Waals surface area contributed by atoms with Crippen LogP contribution in [0.2, 0.25) is 0 Å². The van der Waals surface area contributed by atoms with Gasteiger partial charge in [-0.1, -0.05) is 23.5 Å². The fourth-order valence-electron chi connectivity index (χ4n) is 1.92. The Hall–Kier alpha value is -2.19. The van der Waals surface area contributed by atoms with Gasteiger partial charge in [-0.3, -0.25) is 4.79 Å². The Labute approximate surface area is 123 Å². The van der Waals surface area contributed by atoms with Gasteiger partial charge in [0.25, 0.3) is 5.56 Å². The quantitative estimate of drug-likeness (QED) is 0.769. The SMILES string of the molecule is NCCc1nn2c(=O)c(Cc3ccc(F)cc3)nnc2s1. The first kappa shape index (κ1) is 13.8. The van der Waals surface area contributed by atoms with E-state index in [1.54, 1.807) is 12.1 Å². The Kier molecular flexibility index (Phi) is 3.72. The average Bonchev–Trinajstić information content (AvgIpc) is 2.88. The first-order valence-corrected chi connectivity index (χ1v) is 7.18. The van der Waals surface area contributed by atoms with Crippen LogP contribution in [0, 0.1) is 5.82 Å². The molecule has 8 heteroatoms. The van der Waals surface area contributed by atoms with Crippen LogP contribution in [0.5, 0.6) is 0 Å². The van der Waals surface area contributed by atoms with Crippen molar-refractivity contribution in [3.8, 4) is 0 Å². The molecule has 0 atom stereocenters. The third-order valence-electron chi connectivity index (χ3n) is 2.94. The van der Waals surface area contributed by atoms with E-state index in [9.17, 15) is 9.18 Å². The van der Waals surface area contributed by atoms with Gasteiger partial charge in [-0.25, -0.2) is 4.39 Å². The summed E-state index contributed by atoms with van der Waals surface area (Å²) in [5.74, 6) is -0.317. The fraction of sp³-hybridized carbons (Fsp3) is 0.231. The van der Waals surface area contributed by atoms with E-state index in [1.807, 2.05) is 0 Å². The molecule has 21 heavy (non-hydrogen) atoms. The molecule has 1 aromatic carbocycles.